The van der Waals surface area contributed by atoms with Crippen molar-refractivity contribution in [1.29, 1.82) is 0 Å². The summed E-state index contributed by atoms with van der Waals surface area (Å²) in [4.78, 5) is 11.7. The minimum absolute atomic E-state index is 0.150. The number of benzene rings is 1. The lowest BCUT2D eigenvalue weighted by atomic mass is 9.95. The van der Waals surface area contributed by atoms with Crippen molar-refractivity contribution in [3.05, 3.63) is 28.8 Å². The highest BCUT2D eigenvalue weighted by molar-refractivity contribution is 6.32. The third kappa shape index (κ3) is 5.93. The highest BCUT2D eigenvalue weighted by atomic mass is 35.5. The van der Waals surface area contributed by atoms with E-state index in [1.165, 1.54) is 19.1 Å². The summed E-state index contributed by atoms with van der Waals surface area (Å²) in [5.74, 6) is -1.21. The maximum absolute atomic E-state index is 12.3. The smallest absolute Gasteiger partial charge is 0.404 e. The van der Waals surface area contributed by atoms with Gasteiger partial charge in [0.1, 0.15) is 11.5 Å². The number of ether oxygens (including phenoxy) is 1. The molecule has 0 radical (unpaired) electrons. The fourth-order valence-corrected chi connectivity index (χ4v) is 1.95. The highest BCUT2D eigenvalue weighted by Crippen LogP contribution is 2.33. The van der Waals surface area contributed by atoms with Gasteiger partial charge in [-0.2, -0.15) is 0 Å². The second kappa shape index (κ2) is 7.13. The normalized spacial score (nSPS) is 13.3. The number of Topliss-reactive ketones (excluding diaryl/α,β-unsaturated/α-hetero) is 1. The van der Waals surface area contributed by atoms with Crippen LogP contribution < -0.4 is 10.1 Å². The molecule has 0 spiro atoms. The van der Waals surface area contributed by atoms with Crippen LogP contribution in [0.25, 0.3) is 0 Å². The fraction of sp³-hybridized carbons (Fsp3) is 0.500. The average molecular weight is 324 g/mol. The number of ketones is 1. The molecule has 0 amide bonds. The molecule has 0 saturated carbocycles. The molecule has 0 bridgehead atoms. The van der Waals surface area contributed by atoms with E-state index in [1.54, 1.807) is 0 Å². The van der Waals surface area contributed by atoms with Crippen LogP contribution in [0, 0.1) is 0 Å². The molecule has 0 aromatic heterocycles. The zero-order valence-corrected chi connectivity index (χ0v) is 12.7. The Kier molecular flexibility index (Phi) is 6.04. The van der Waals surface area contributed by atoms with E-state index < -0.39 is 18.0 Å². The number of halogens is 4. The van der Waals surface area contributed by atoms with E-state index in [2.05, 4.69) is 10.1 Å². The van der Waals surface area contributed by atoms with Crippen LogP contribution in [0.15, 0.2) is 18.2 Å². The second-order valence-corrected chi connectivity index (χ2v) is 5.37. The van der Waals surface area contributed by atoms with E-state index in [-0.39, 0.29) is 16.8 Å². The van der Waals surface area contributed by atoms with Crippen molar-refractivity contribution in [3.63, 3.8) is 0 Å². The fourth-order valence-electron chi connectivity index (χ4n) is 1.79. The Balaban J connectivity index is 3.04. The Morgan fingerprint density at radius 1 is 1.38 bits per heavy atom. The number of rotatable bonds is 6. The Morgan fingerprint density at radius 2 is 2.00 bits per heavy atom. The lowest BCUT2D eigenvalue weighted by Crippen LogP contribution is -2.30. The molecule has 1 N–H and O–H groups in total. The molecule has 7 heteroatoms. The largest absolute Gasteiger partial charge is 0.573 e. The Labute approximate surface area is 126 Å². The molecule has 0 aliphatic carbocycles. The van der Waals surface area contributed by atoms with E-state index in [1.807, 2.05) is 13.8 Å². The summed E-state index contributed by atoms with van der Waals surface area (Å²) < 4.78 is 40.8. The van der Waals surface area contributed by atoms with E-state index in [0.29, 0.717) is 12.1 Å². The molecular weight excluding hydrogens is 307 g/mol. The minimum atomic E-state index is -4.83. The van der Waals surface area contributed by atoms with E-state index >= 15 is 0 Å². The van der Waals surface area contributed by atoms with Gasteiger partial charge < -0.3 is 10.1 Å². The standard InChI is InChI=1S/C14H17ClF3NO2/c1-8(2)19-7-11(9(3)20)10-4-5-12(15)13(6-10)21-14(16,17)18/h4-6,8,11,19H,7H2,1-3H3/t11-/m0/s1. The molecule has 1 atom stereocenters. The van der Waals surface area contributed by atoms with Gasteiger partial charge in [0, 0.05) is 12.6 Å². The Bertz CT molecular complexity index is 503. The maximum atomic E-state index is 12.3. The van der Waals surface area contributed by atoms with Crippen molar-refractivity contribution in [2.24, 2.45) is 0 Å². The molecule has 1 aromatic rings. The second-order valence-electron chi connectivity index (χ2n) is 4.96. The number of hydrogen-bond donors (Lipinski definition) is 1. The van der Waals surface area contributed by atoms with E-state index in [0.717, 1.165) is 6.07 Å². The molecule has 1 rings (SSSR count). The molecule has 0 aliphatic heterocycles. The molecule has 0 saturated heterocycles. The number of carbonyl (C=O) groups excluding carboxylic acids is 1. The molecule has 0 unspecified atom stereocenters. The number of carbonyl (C=O) groups is 1. The van der Waals surface area contributed by atoms with Gasteiger partial charge in [0.2, 0.25) is 0 Å². The Hall–Kier alpha value is -1.27. The van der Waals surface area contributed by atoms with Crippen molar-refractivity contribution in [2.45, 2.75) is 39.1 Å². The predicted octanol–water partition coefficient (Wildman–Crippen LogP) is 3.91. The summed E-state index contributed by atoms with van der Waals surface area (Å²) in [5.41, 5.74) is 0.430. The molecule has 21 heavy (non-hydrogen) atoms. The van der Waals surface area contributed by atoms with Crippen LogP contribution in [0.5, 0.6) is 5.75 Å². The van der Waals surface area contributed by atoms with Crippen LogP contribution in [0.3, 0.4) is 0 Å². The van der Waals surface area contributed by atoms with Gasteiger partial charge in [0.15, 0.2) is 0 Å². The summed E-state index contributed by atoms with van der Waals surface area (Å²) in [6.07, 6.45) is -4.83. The average Bonchev–Trinajstić information content (AvgIpc) is 2.30. The molecule has 0 aliphatic rings. The van der Waals surface area contributed by atoms with Crippen molar-refractivity contribution in [1.82, 2.24) is 5.32 Å². The molecular formula is C14H17ClF3NO2. The molecule has 0 fully saturated rings. The number of alkyl halides is 3. The first-order chi connectivity index (χ1) is 9.60. The van der Waals surface area contributed by atoms with Gasteiger partial charge in [-0.15, -0.1) is 13.2 Å². The Morgan fingerprint density at radius 3 is 2.48 bits per heavy atom. The quantitative estimate of drug-likeness (QED) is 0.862. The van der Waals surface area contributed by atoms with Crippen molar-refractivity contribution < 1.29 is 22.7 Å². The number of hydrogen-bond acceptors (Lipinski definition) is 3. The predicted molar refractivity (Wildman–Crippen MR) is 74.7 cm³/mol. The van der Waals surface area contributed by atoms with Crippen LogP contribution in [-0.2, 0) is 4.79 Å². The SMILES string of the molecule is CC(=O)[C@H](CNC(C)C)c1ccc(Cl)c(OC(F)(F)F)c1. The van der Waals surface area contributed by atoms with Crippen LogP contribution in [0.1, 0.15) is 32.3 Å². The highest BCUT2D eigenvalue weighted by Gasteiger charge is 2.32. The van der Waals surface area contributed by atoms with Gasteiger partial charge in [-0.3, -0.25) is 4.79 Å². The van der Waals surface area contributed by atoms with Crippen LogP contribution in [-0.4, -0.2) is 24.7 Å². The zero-order valence-electron chi connectivity index (χ0n) is 11.9. The van der Waals surface area contributed by atoms with Gasteiger partial charge >= 0.3 is 6.36 Å². The van der Waals surface area contributed by atoms with E-state index in [9.17, 15) is 18.0 Å². The summed E-state index contributed by atoms with van der Waals surface area (Å²) >= 11 is 5.69. The lowest BCUT2D eigenvalue weighted by Gasteiger charge is -2.19. The van der Waals surface area contributed by atoms with Gasteiger partial charge in [0.25, 0.3) is 0 Å². The van der Waals surface area contributed by atoms with Crippen LogP contribution in [0.2, 0.25) is 5.02 Å². The van der Waals surface area contributed by atoms with Crippen LogP contribution >= 0.6 is 11.6 Å². The third-order valence-corrected chi connectivity index (χ3v) is 3.12. The summed E-state index contributed by atoms with van der Waals surface area (Å²) in [6, 6.07) is 4.14. The third-order valence-electron chi connectivity index (χ3n) is 2.80. The van der Waals surface area contributed by atoms with Gasteiger partial charge in [-0.25, -0.2) is 0 Å². The minimum Gasteiger partial charge on any atom is -0.404 e. The molecule has 118 valence electrons. The first kappa shape index (κ1) is 17.8. The first-order valence-corrected chi connectivity index (χ1v) is 6.77. The van der Waals surface area contributed by atoms with Gasteiger partial charge in [0.05, 0.1) is 10.9 Å². The monoisotopic (exact) mass is 323 g/mol. The van der Waals surface area contributed by atoms with Gasteiger partial charge in [-0.05, 0) is 24.6 Å². The van der Waals surface area contributed by atoms with Gasteiger partial charge in [-0.1, -0.05) is 31.5 Å². The van der Waals surface area contributed by atoms with Crippen molar-refractivity contribution in [2.75, 3.05) is 6.54 Å². The first-order valence-electron chi connectivity index (χ1n) is 6.39. The molecule has 1 aromatic carbocycles. The van der Waals surface area contributed by atoms with E-state index in [4.69, 9.17) is 11.6 Å². The molecule has 3 nitrogen and oxygen atoms in total. The summed E-state index contributed by atoms with van der Waals surface area (Å²) in [7, 11) is 0. The van der Waals surface area contributed by atoms with Crippen LogP contribution in [0.4, 0.5) is 13.2 Å². The topological polar surface area (TPSA) is 38.3 Å². The van der Waals surface area contributed by atoms with Crippen molar-refractivity contribution in [3.8, 4) is 5.75 Å². The summed E-state index contributed by atoms with van der Waals surface area (Å²) in [6.45, 7) is 5.56. The summed E-state index contributed by atoms with van der Waals surface area (Å²) in [5, 5.41) is 2.93. The van der Waals surface area contributed by atoms with Crippen molar-refractivity contribution >= 4 is 17.4 Å². The lowest BCUT2D eigenvalue weighted by molar-refractivity contribution is -0.274. The maximum Gasteiger partial charge on any atom is 0.573 e. The number of nitrogens with one attached hydrogen (secondary N) is 1. The zero-order chi connectivity index (χ0) is 16.2. The molecule has 0 heterocycles.